The van der Waals surface area contributed by atoms with Crippen LogP contribution in [0.5, 0.6) is 5.75 Å². The summed E-state index contributed by atoms with van der Waals surface area (Å²) >= 11 is 0. The molecular weight excluding hydrogens is 238 g/mol. The molecule has 1 aromatic carbocycles. The van der Waals surface area contributed by atoms with Gasteiger partial charge in [-0.15, -0.1) is 0 Å². The topological polar surface area (TPSA) is 31.2 Å². The van der Waals surface area contributed by atoms with E-state index >= 15 is 0 Å². The largest absolute Gasteiger partial charge is 0.494 e. The molecule has 100 valence electrons. The zero-order chi connectivity index (χ0) is 13.5. The number of aldehydes is 1. The molecule has 0 unspecified atom stereocenters. The number of rotatable bonds is 7. The van der Waals surface area contributed by atoms with Crippen LogP contribution in [-0.2, 0) is 6.54 Å². The van der Waals surface area contributed by atoms with Crippen molar-refractivity contribution in [1.29, 1.82) is 0 Å². The van der Waals surface area contributed by atoms with Gasteiger partial charge in [0, 0.05) is 12.7 Å². The maximum Gasteiger partial charge on any atom is 0.166 e. The van der Waals surface area contributed by atoms with Crippen LogP contribution in [0.2, 0.25) is 0 Å². The van der Waals surface area contributed by atoms with Crippen LogP contribution in [0.25, 0.3) is 0 Å². The smallest absolute Gasteiger partial charge is 0.166 e. The Balaban J connectivity index is 1.69. The second kappa shape index (κ2) is 6.78. The number of unbranched alkanes of at least 4 members (excludes halogenated alkanes) is 1. The SMILES string of the molecule is Cc1cccc(OCCCCn2cccc2C=O)c1. The summed E-state index contributed by atoms with van der Waals surface area (Å²) in [6.45, 7) is 3.62. The molecule has 1 aromatic heterocycles. The highest BCUT2D eigenvalue weighted by Crippen LogP contribution is 2.13. The molecule has 0 N–H and O–H groups in total. The van der Waals surface area contributed by atoms with Crippen molar-refractivity contribution in [1.82, 2.24) is 4.57 Å². The average molecular weight is 257 g/mol. The fourth-order valence-electron chi connectivity index (χ4n) is 2.02. The Labute approximate surface area is 113 Å². The van der Waals surface area contributed by atoms with Crippen LogP contribution in [0.1, 0.15) is 28.9 Å². The fourth-order valence-corrected chi connectivity index (χ4v) is 2.02. The predicted octanol–water partition coefficient (Wildman–Crippen LogP) is 3.47. The van der Waals surface area contributed by atoms with E-state index in [1.165, 1.54) is 5.56 Å². The molecule has 0 radical (unpaired) electrons. The van der Waals surface area contributed by atoms with Gasteiger partial charge in [0.2, 0.25) is 0 Å². The highest BCUT2D eigenvalue weighted by molar-refractivity contribution is 5.72. The van der Waals surface area contributed by atoms with Crippen LogP contribution >= 0.6 is 0 Å². The van der Waals surface area contributed by atoms with E-state index in [4.69, 9.17) is 4.74 Å². The Morgan fingerprint density at radius 1 is 1.21 bits per heavy atom. The van der Waals surface area contributed by atoms with E-state index in [1.807, 2.05) is 41.1 Å². The molecule has 0 spiro atoms. The van der Waals surface area contributed by atoms with Crippen LogP contribution in [0, 0.1) is 6.92 Å². The van der Waals surface area contributed by atoms with Gasteiger partial charge in [0.25, 0.3) is 0 Å². The third-order valence-electron chi connectivity index (χ3n) is 3.04. The summed E-state index contributed by atoms with van der Waals surface area (Å²) in [5, 5.41) is 0. The lowest BCUT2D eigenvalue weighted by atomic mass is 10.2. The van der Waals surface area contributed by atoms with Gasteiger partial charge in [-0.3, -0.25) is 4.79 Å². The normalized spacial score (nSPS) is 10.4. The van der Waals surface area contributed by atoms with Crippen molar-refractivity contribution in [3.63, 3.8) is 0 Å². The fraction of sp³-hybridized carbons (Fsp3) is 0.312. The average Bonchev–Trinajstić information content (AvgIpc) is 2.86. The van der Waals surface area contributed by atoms with Crippen molar-refractivity contribution in [3.8, 4) is 5.75 Å². The number of carbonyl (C=O) groups is 1. The Bertz CT molecular complexity index is 531. The number of hydrogen-bond acceptors (Lipinski definition) is 2. The quantitative estimate of drug-likeness (QED) is 0.562. The maximum atomic E-state index is 10.7. The van der Waals surface area contributed by atoms with E-state index in [9.17, 15) is 4.79 Å². The molecule has 0 aliphatic rings. The van der Waals surface area contributed by atoms with Gasteiger partial charge in [-0.1, -0.05) is 12.1 Å². The van der Waals surface area contributed by atoms with E-state index in [0.29, 0.717) is 6.61 Å². The van der Waals surface area contributed by atoms with Crippen LogP contribution in [0.15, 0.2) is 42.6 Å². The van der Waals surface area contributed by atoms with Gasteiger partial charge in [-0.2, -0.15) is 0 Å². The summed E-state index contributed by atoms with van der Waals surface area (Å²) in [7, 11) is 0. The lowest BCUT2D eigenvalue weighted by Crippen LogP contribution is -2.04. The second-order valence-electron chi connectivity index (χ2n) is 4.62. The monoisotopic (exact) mass is 257 g/mol. The Morgan fingerprint density at radius 2 is 2.11 bits per heavy atom. The molecule has 0 bridgehead atoms. The first-order valence-corrected chi connectivity index (χ1v) is 6.59. The van der Waals surface area contributed by atoms with Gasteiger partial charge < -0.3 is 9.30 Å². The van der Waals surface area contributed by atoms with Gasteiger partial charge in [0.15, 0.2) is 6.29 Å². The van der Waals surface area contributed by atoms with Crippen LogP contribution in [-0.4, -0.2) is 17.5 Å². The molecule has 3 heteroatoms. The van der Waals surface area contributed by atoms with Gasteiger partial charge in [-0.25, -0.2) is 0 Å². The molecule has 0 aliphatic carbocycles. The zero-order valence-electron chi connectivity index (χ0n) is 11.2. The van der Waals surface area contributed by atoms with Crippen molar-refractivity contribution in [2.24, 2.45) is 0 Å². The first-order chi connectivity index (χ1) is 9.29. The maximum absolute atomic E-state index is 10.7. The van der Waals surface area contributed by atoms with E-state index in [1.54, 1.807) is 0 Å². The van der Waals surface area contributed by atoms with E-state index in [-0.39, 0.29) is 0 Å². The third-order valence-corrected chi connectivity index (χ3v) is 3.04. The van der Waals surface area contributed by atoms with Gasteiger partial charge in [0.05, 0.1) is 12.3 Å². The number of aromatic nitrogens is 1. The number of hydrogen-bond donors (Lipinski definition) is 0. The standard InChI is InChI=1S/C16H19NO2/c1-14-6-4-8-16(12-14)19-11-3-2-9-17-10-5-7-15(17)13-18/h4-8,10,12-13H,2-3,9,11H2,1H3. The summed E-state index contributed by atoms with van der Waals surface area (Å²) < 4.78 is 7.66. The van der Waals surface area contributed by atoms with Crippen LogP contribution in [0.3, 0.4) is 0 Å². The molecule has 0 amide bonds. The highest BCUT2D eigenvalue weighted by atomic mass is 16.5. The number of carbonyl (C=O) groups excluding carboxylic acids is 1. The first-order valence-electron chi connectivity index (χ1n) is 6.59. The van der Waals surface area contributed by atoms with Crippen molar-refractivity contribution in [3.05, 3.63) is 53.9 Å². The lowest BCUT2D eigenvalue weighted by Gasteiger charge is -2.08. The van der Waals surface area contributed by atoms with Crippen molar-refractivity contribution < 1.29 is 9.53 Å². The molecule has 3 nitrogen and oxygen atoms in total. The minimum atomic E-state index is 0.709. The molecule has 0 saturated heterocycles. The highest BCUT2D eigenvalue weighted by Gasteiger charge is 1.99. The van der Waals surface area contributed by atoms with Crippen molar-refractivity contribution in [2.75, 3.05) is 6.61 Å². The summed E-state index contributed by atoms with van der Waals surface area (Å²) in [4.78, 5) is 10.7. The number of benzene rings is 1. The Kier molecular flexibility index (Phi) is 4.78. The Hall–Kier alpha value is -2.03. The predicted molar refractivity (Wildman–Crippen MR) is 75.7 cm³/mol. The molecule has 0 saturated carbocycles. The molecular formula is C16H19NO2. The van der Waals surface area contributed by atoms with Crippen LogP contribution < -0.4 is 4.74 Å². The van der Waals surface area contributed by atoms with Crippen molar-refractivity contribution >= 4 is 6.29 Å². The van der Waals surface area contributed by atoms with E-state index < -0.39 is 0 Å². The summed E-state index contributed by atoms with van der Waals surface area (Å²) in [6.07, 6.45) is 4.81. The summed E-state index contributed by atoms with van der Waals surface area (Å²) in [6, 6.07) is 11.8. The Morgan fingerprint density at radius 3 is 2.89 bits per heavy atom. The van der Waals surface area contributed by atoms with Gasteiger partial charge >= 0.3 is 0 Å². The third kappa shape index (κ3) is 3.98. The van der Waals surface area contributed by atoms with E-state index in [2.05, 4.69) is 13.0 Å². The molecule has 0 aliphatic heterocycles. The minimum absolute atomic E-state index is 0.709. The van der Waals surface area contributed by atoms with Crippen molar-refractivity contribution in [2.45, 2.75) is 26.3 Å². The summed E-state index contributed by atoms with van der Waals surface area (Å²) in [5.74, 6) is 0.926. The molecule has 0 atom stereocenters. The molecule has 19 heavy (non-hydrogen) atoms. The number of ether oxygens (including phenoxy) is 1. The van der Waals surface area contributed by atoms with Gasteiger partial charge in [0.1, 0.15) is 5.75 Å². The van der Waals surface area contributed by atoms with E-state index in [0.717, 1.165) is 37.1 Å². The zero-order valence-corrected chi connectivity index (χ0v) is 11.2. The summed E-state index contributed by atoms with van der Waals surface area (Å²) in [5.41, 5.74) is 1.94. The van der Waals surface area contributed by atoms with Crippen LogP contribution in [0.4, 0.5) is 0 Å². The minimum Gasteiger partial charge on any atom is -0.494 e. The first kappa shape index (κ1) is 13.4. The van der Waals surface area contributed by atoms with Gasteiger partial charge in [-0.05, 0) is 49.6 Å². The molecule has 2 aromatic rings. The molecule has 1 heterocycles. The lowest BCUT2D eigenvalue weighted by molar-refractivity contribution is 0.111. The number of nitrogens with zero attached hydrogens (tertiary/aromatic N) is 1. The number of aryl methyl sites for hydroxylation is 2. The molecule has 2 rings (SSSR count). The molecule has 0 fully saturated rings. The second-order valence-corrected chi connectivity index (χ2v) is 4.62.